The first-order chi connectivity index (χ1) is 10.0. The van der Waals surface area contributed by atoms with E-state index >= 15 is 0 Å². The molecular formula is C15H11ClFNO3. The predicted octanol–water partition coefficient (Wildman–Crippen LogP) is 3.52. The fourth-order valence-corrected chi connectivity index (χ4v) is 1.89. The molecule has 0 fully saturated rings. The zero-order chi connectivity index (χ0) is 15.4. The lowest BCUT2D eigenvalue weighted by Crippen LogP contribution is -2.14. The number of hydrogen-bond acceptors (Lipinski definition) is 3. The fourth-order valence-electron chi connectivity index (χ4n) is 1.72. The summed E-state index contributed by atoms with van der Waals surface area (Å²) in [6.45, 7) is 0. The van der Waals surface area contributed by atoms with E-state index in [1.165, 1.54) is 31.4 Å². The highest BCUT2D eigenvalue weighted by Crippen LogP contribution is 2.19. The first-order valence-corrected chi connectivity index (χ1v) is 6.34. The van der Waals surface area contributed by atoms with Gasteiger partial charge in [-0.15, -0.1) is 0 Å². The Morgan fingerprint density at radius 2 is 1.90 bits per heavy atom. The summed E-state index contributed by atoms with van der Waals surface area (Å²) in [5.41, 5.74) is 0.454. The number of ether oxygens (including phenoxy) is 1. The van der Waals surface area contributed by atoms with Gasteiger partial charge in [0.1, 0.15) is 0 Å². The number of hydrogen-bond donors (Lipinski definition) is 1. The lowest BCUT2D eigenvalue weighted by molar-refractivity contribution is 0.0600. The number of esters is 1. The largest absolute Gasteiger partial charge is 0.465 e. The van der Waals surface area contributed by atoms with Gasteiger partial charge in [-0.25, -0.2) is 9.18 Å². The van der Waals surface area contributed by atoms with Crippen molar-refractivity contribution in [2.24, 2.45) is 0 Å². The number of carbonyl (C=O) groups excluding carboxylic acids is 2. The Kier molecular flexibility index (Phi) is 4.55. The van der Waals surface area contributed by atoms with Gasteiger partial charge in [0.05, 0.1) is 23.3 Å². The average molecular weight is 308 g/mol. The van der Waals surface area contributed by atoms with Crippen LogP contribution in [-0.2, 0) is 4.74 Å². The molecule has 0 spiro atoms. The third-order valence-electron chi connectivity index (χ3n) is 2.74. The number of methoxy groups -OCH3 is 1. The third kappa shape index (κ3) is 3.38. The minimum Gasteiger partial charge on any atom is -0.465 e. The number of anilines is 1. The van der Waals surface area contributed by atoms with Crippen LogP contribution in [-0.4, -0.2) is 19.0 Å². The van der Waals surface area contributed by atoms with Crippen molar-refractivity contribution < 1.29 is 18.7 Å². The van der Waals surface area contributed by atoms with E-state index in [1.807, 2.05) is 0 Å². The Hall–Kier alpha value is -2.40. The lowest BCUT2D eigenvalue weighted by atomic mass is 10.1. The molecule has 0 bridgehead atoms. The number of benzene rings is 2. The molecule has 1 N–H and O–H groups in total. The van der Waals surface area contributed by atoms with E-state index < -0.39 is 17.7 Å². The molecule has 1 amide bonds. The molecule has 6 heteroatoms. The topological polar surface area (TPSA) is 55.4 Å². The van der Waals surface area contributed by atoms with Crippen LogP contribution in [0.4, 0.5) is 10.1 Å². The molecule has 21 heavy (non-hydrogen) atoms. The number of amides is 1. The van der Waals surface area contributed by atoms with Gasteiger partial charge in [-0.1, -0.05) is 23.7 Å². The highest BCUT2D eigenvalue weighted by Gasteiger charge is 2.15. The fraction of sp³-hybridized carbons (Fsp3) is 0.0667. The first-order valence-electron chi connectivity index (χ1n) is 5.96. The minimum absolute atomic E-state index is 0.133. The van der Waals surface area contributed by atoms with Crippen molar-refractivity contribution in [1.82, 2.24) is 0 Å². The maximum absolute atomic E-state index is 13.8. The van der Waals surface area contributed by atoms with Gasteiger partial charge in [0, 0.05) is 5.69 Å². The van der Waals surface area contributed by atoms with Crippen molar-refractivity contribution in [1.29, 1.82) is 0 Å². The van der Waals surface area contributed by atoms with Crippen LogP contribution in [0.1, 0.15) is 20.7 Å². The molecule has 2 rings (SSSR count). The lowest BCUT2D eigenvalue weighted by Gasteiger charge is -2.08. The second kappa shape index (κ2) is 6.37. The summed E-state index contributed by atoms with van der Waals surface area (Å²) >= 11 is 5.63. The van der Waals surface area contributed by atoms with E-state index in [9.17, 15) is 14.0 Å². The quantitative estimate of drug-likeness (QED) is 0.883. The van der Waals surface area contributed by atoms with Crippen molar-refractivity contribution in [3.05, 3.63) is 64.4 Å². The Morgan fingerprint density at radius 3 is 2.62 bits per heavy atom. The highest BCUT2D eigenvalue weighted by atomic mass is 35.5. The van der Waals surface area contributed by atoms with Crippen molar-refractivity contribution in [2.75, 3.05) is 12.4 Å². The molecule has 108 valence electrons. The molecule has 0 aromatic heterocycles. The van der Waals surface area contributed by atoms with Crippen LogP contribution in [0.25, 0.3) is 0 Å². The zero-order valence-electron chi connectivity index (χ0n) is 11.0. The average Bonchev–Trinajstić information content (AvgIpc) is 2.49. The maximum Gasteiger partial charge on any atom is 0.337 e. The number of rotatable bonds is 3. The molecule has 0 radical (unpaired) electrons. The summed E-state index contributed by atoms with van der Waals surface area (Å²) in [6.07, 6.45) is 0. The second-order valence-corrected chi connectivity index (χ2v) is 4.54. The van der Waals surface area contributed by atoms with E-state index in [0.29, 0.717) is 5.69 Å². The van der Waals surface area contributed by atoms with Crippen molar-refractivity contribution in [3.63, 3.8) is 0 Å². The van der Waals surface area contributed by atoms with Gasteiger partial charge >= 0.3 is 5.97 Å². The normalized spacial score (nSPS) is 10.0. The van der Waals surface area contributed by atoms with E-state index in [4.69, 9.17) is 11.6 Å². The first kappa shape index (κ1) is 15.0. The molecule has 0 aliphatic carbocycles. The summed E-state index contributed by atoms with van der Waals surface area (Å²) in [5, 5.41) is 2.37. The van der Waals surface area contributed by atoms with Crippen LogP contribution in [0.3, 0.4) is 0 Å². The minimum atomic E-state index is -0.791. The van der Waals surface area contributed by atoms with E-state index in [2.05, 4.69) is 10.1 Å². The summed E-state index contributed by atoms with van der Waals surface area (Å²) in [7, 11) is 1.26. The number of halogens is 2. The van der Waals surface area contributed by atoms with Gasteiger partial charge in [0.25, 0.3) is 5.91 Å². The Balaban J connectivity index is 2.24. The summed E-state index contributed by atoms with van der Waals surface area (Å²) < 4.78 is 18.3. The summed E-state index contributed by atoms with van der Waals surface area (Å²) in [6, 6.07) is 10.3. The zero-order valence-corrected chi connectivity index (χ0v) is 11.8. The van der Waals surface area contributed by atoms with Gasteiger partial charge in [-0.3, -0.25) is 4.79 Å². The molecule has 4 nitrogen and oxygen atoms in total. The monoisotopic (exact) mass is 307 g/mol. The van der Waals surface area contributed by atoms with Crippen LogP contribution in [0.5, 0.6) is 0 Å². The predicted molar refractivity (Wildman–Crippen MR) is 77.1 cm³/mol. The Morgan fingerprint density at radius 1 is 1.19 bits per heavy atom. The third-order valence-corrected chi connectivity index (χ3v) is 3.03. The SMILES string of the molecule is COC(=O)c1cccc(NC(=O)c2cccc(Cl)c2F)c1. The molecule has 0 aliphatic heterocycles. The van der Waals surface area contributed by atoms with Crippen LogP contribution < -0.4 is 5.32 Å². The maximum atomic E-state index is 13.8. The Labute approximate surface area is 125 Å². The molecule has 2 aromatic carbocycles. The van der Waals surface area contributed by atoms with Crippen LogP contribution in [0, 0.1) is 5.82 Å². The van der Waals surface area contributed by atoms with Crippen molar-refractivity contribution >= 4 is 29.2 Å². The van der Waals surface area contributed by atoms with E-state index in [-0.39, 0.29) is 16.1 Å². The van der Waals surface area contributed by atoms with Gasteiger partial charge in [0.2, 0.25) is 0 Å². The van der Waals surface area contributed by atoms with Crippen molar-refractivity contribution in [3.8, 4) is 0 Å². The van der Waals surface area contributed by atoms with E-state index in [0.717, 1.165) is 0 Å². The van der Waals surface area contributed by atoms with E-state index in [1.54, 1.807) is 18.2 Å². The van der Waals surface area contributed by atoms with Gasteiger partial charge in [-0.05, 0) is 30.3 Å². The molecule has 0 saturated carbocycles. The van der Waals surface area contributed by atoms with Crippen LogP contribution in [0.15, 0.2) is 42.5 Å². The highest BCUT2D eigenvalue weighted by molar-refractivity contribution is 6.31. The molecule has 0 saturated heterocycles. The van der Waals surface area contributed by atoms with Crippen LogP contribution in [0.2, 0.25) is 5.02 Å². The van der Waals surface area contributed by atoms with Gasteiger partial charge < -0.3 is 10.1 Å². The van der Waals surface area contributed by atoms with Gasteiger partial charge in [-0.2, -0.15) is 0 Å². The molecule has 0 aliphatic rings. The molecule has 0 heterocycles. The Bertz CT molecular complexity index is 703. The number of carbonyl (C=O) groups is 2. The second-order valence-electron chi connectivity index (χ2n) is 4.13. The molecule has 2 aromatic rings. The number of nitrogens with one attached hydrogen (secondary N) is 1. The smallest absolute Gasteiger partial charge is 0.337 e. The van der Waals surface area contributed by atoms with Crippen LogP contribution >= 0.6 is 11.6 Å². The standard InChI is InChI=1S/C15H11ClFNO3/c1-21-15(20)9-4-2-5-10(8-9)18-14(19)11-6-3-7-12(16)13(11)17/h2-8H,1H3,(H,18,19). The summed E-state index contributed by atoms with van der Waals surface area (Å²) in [5.74, 6) is -1.97. The molecule has 0 atom stereocenters. The molecule has 0 unspecified atom stereocenters. The molecular weight excluding hydrogens is 297 g/mol. The summed E-state index contributed by atoms with van der Waals surface area (Å²) in [4.78, 5) is 23.4. The van der Waals surface area contributed by atoms with Crippen molar-refractivity contribution in [2.45, 2.75) is 0 Å². The van der Waals surface area contributed by atoms with Gasteiger partial charge in [0.15, 0.2) is 5.82 Å².